The Morgan fingerprint density at radius 1 is 1.12 bits per heavy atom. The number of nitrogens with zero attached hydrogens (tertiary/aromatic N) is 2. The molecule has 3 aromatic rings. The normalized spacial score (nSPS) is 15.8. The maximum atomic E-state index is 13.3. The molecule has 4 rings (SSSR count). The number of anilines is 1. The van der Waals surface area contributed by atoms with Crippen LogP contribution in [0.15, 0.2) is 71.3 Å². The summed E-state index contributed by atoms with van der Waals surface area (Å²) in [7, 11) is 0. The van der Waals surface area contributed by atoms with Crippen molar-refractivity contribution in [1.29, 1.82) is 0 Å². The molecule has 0 saturated carbocycles. The van der Waals surface area contributed by atoms with Gasteiger partial charge in [-0.2, -0.15) is 0 Å². The van der Waals surface area contributed by atoms with Crippen LogP contribution in [-0.2, 0) is 16.1 Å². The second-order valence-electron chi connectivity index (χ2n) is 7.23. The molecular formula is C24H21ClN2O5. The summed E-state index contributed by atoms with van der Waals surface area (Å²) >= 11 is 5.94. The van der Waals surface area contributed by atoms with E-state index in [1.165, 1.54) is 11.2 Å². The summed E-state index contributed by atoms with van der Waals surface area (Å²) in [5.74, 6) is -0.0837. The van der Waals surface area contributed by atoms with E-state index in [1.807, 2.05) is 6.92 Å². The summed E-state index contributed by atoms with van der Waals surface area (Å²) in [5.41, 5.74) is 0.795. The molecule has 32 heavy (non-hydrogen) atoms. The number of furan rings is 1. The number of carbonyl (C=O) groups excluding carboxylic acids is 3. The zero-order valence-corrected chi connectivity index (χ0v) is 18.1. The van der Waals surface area contributed by atoms with Crippen LogP contribution in [0.2, 0.25) is 5.02 Å². The van der Waals surface area contributed by atoms with Crippen molar-refractivity contribution in [1.82, 2.24) is 4.90 Å². The van der Waals surface area contributed by atoms with E-state index in [0.717, 1.165) is 4.90 Å². The lowest BCUT2D eigenvalue weighted by atomic mass is 10.1. The third-order valence-electron chi connectivity index (χ3n) is 5.16. The minimum Gasteiger partial charge on any atom is -0.494 e. The minimum absolute atomic E-state index is 0.0509. The first-order valence-corrected chi connectivity index (χ1v) is 10.5. The molecule has 0 radical (unpaired) electrons. The van der Waals surface area contributed by atoms with Gasteiger partial charge in [-0.15, -0.1) is 0 Å². The quantitative estimate of drug-likeness (QED) is 0.499. The highest BCUT2D eigenvalue weighted by molar-refractivity contribution is 6.30. The van der Waals surface area contributed by atoms with Gasteiger partial charge in [0.05, 0.1) is 31.5 Å². The number of carbonyl (C=O) groups is 3. The molecule has 1 aromatic heterocycles. The van der Waals surface area contributed by atoms with Gasteiger partial charge in [-0.3, -0.25) is 14.4 Å². The number of amides is 3. The monoisotopic (exact) mass is 452 g/mol. The molecule has 1 atom stereocenters. The number of imide groups is 1. The first-order chi connectivity index (χ1) is 15.5. The van der Waals surface area contributed by atoms with E-state index in [2.05, 4.69) is 0 Å². The lowest BCUT2D eigenvalue weighted by Crippen LogP contribution is -2.45. The molecule has 164 valence electrons. The maximum absolute atomic E-state index is 13.3. The molecule has 1 fully saturated rings. The number of hydrogen-bond donors (Lipinski definition) is 0. The average Bonchev–Trinajstić information content (AvgIpc) is 3.40. The molecule has 1 saturated heterocycles. The van der Waals surface area contributed by atoms with E-state index >= 15 is 0 Å². The summed E-state index contributed by atoms with van der Waals surface area (Å²) in [4.78, 5) is 41.9. The van der Waals surface area contributed by atoms with Crippen molar-refractivity contribution in [2.45, 2.75) is 25.9 Å². The largest absolute Gasteiger partial charge is 0.494 e. The predicted octanol–water partition coefficient (Wildman–Crippen LogP) is 4.31. The molecule has 0 unspecified atom stereocenters. The average molecular weight is 453 g/mol. The van der Waals surface area contributed by atoms with Gasteiger partial charge in [0.25, 0.3) is 11.8 Å². The van der Waals surface area contributed by atoms with Crippen molar-refractivity contribution in [2.75, 3.05) is 11.5 Å². The first-order valence-electron chi connectivity index (χ1n) is 10.2. The molecular weight excluding hydrogens is 432 g/mol. The molecule has 8 heteroatoms. The van der Waals surface area contributed by atoms with Gasteiger partial charge in [-0.05, 0) is 67.6 Å². The van der Waals surface area contributed by atoms with E-state index in [-0.39, 0.29) is 18.9 Å². The van der Waals surface area contributed by atoms with Crippen molar-refractivity contribution >= 4 is 35.0 Å². The Labute approximate surface area is 190 Å². The lowest BCUT2D eigenvalue weighted by Gasteiger charge is -2.27. The van der Waals surface area contributed by atoms with Crippen LogP contribution in [-0.4, -0.2) is 35.3 Å². The number of hydrogen-bond acceptors (Lipinski definition) is 5. The Morgan fingerprint density at radius 2 is 1.84 bits per heavy atom. The van der Waals surface area contributed by atoms with Crippen LogP contribution >= 0.6 is 11.6 Å². The van der Waals surface area contributed by atoms with Crippen LogP contribution in [0, 0.1) is 0 Å². The van der Waals surface area contributed by atoms with Gasteiger partial charge >= 0.3 is 0 Å². The summed E-state index contributed by atoms with van der Waals surface area (Å²) in [6.45, 7) is 2.43. The molecule has 2 heterocycles. The van der Waals surface area contributed by atoms with Crippen molar-refractivity contribution in [3.8, 4) is 5.75 Å². The zero-order valence-electron chi connectivity index (χ0n) is 17.4. The lowest BCUT2D eigenvalue weighted by molar-refractivity contribution is -0.122. The zero-order chi connectivity index (χ0) is 22.7. The molecule has 0 spiro atoms. The van der Waals surface area contributed by atoms with Gasteiger partial charge in [-0.1, -0.05) is 11.6 Å². The fourth-order valence-corrected chi connectivity index (χ4v) is 3.77. The molecule has 1 aliphatic heterocycles. The van der Waals surface area contributed by atoms with E-state index in [4.69, 9.17) is 20.8 Å². The highest BCUT2D eigenvalue weighted by Gasteiger charge is 2.44. The summed E-state index contributed by atoms with van der Waals surface area (Å²) in [6, 6.07) is 15.6. The standard InChI is InChI=1S/C24H21ClN2O5/c1-2-31-19-11-9-18(10-12-19)27-22(28)14-21(24(27)30)26(15-20-4-3-13-32-20)23(29)16-5-7-17(25)8-6-16/h3-13,21H,2,14-15H2,1H3/t21-/m1/s1. The van der Waals surface area contributed by atoms with E-state index in [9.17, 15) is 14.4 Å². The van der Waals surface area contributed by atoms with E-state index in [0.29, 0.717) is 34.4 Å². The molecule has 7 nitrogen and oxygen atoms in total. The molecule has 0 aliphatic carbocycles. The van der Waals surface area contributed by atoms with Crippen molar-refractivity contribution < 1.29 is 23.5 Å². The van der Waals surface area contributed by atoms with Crippen LogP contribution in [0.25, 0.3) is 0 Å². The molecule has 0 bridgehead atoms. The van der Waals surface area contributed by atoms with Crippen LogP contribution < -0.4 is 9.64 Å². The van der Waals surface area contributed by atoms with E-state index < -0.39 is 17.9 Å². The Bertz CT molecular complexity index is 1110. The molecule has 1 aliphatic rings. The molecule has 2 aromatic carbocycles. The third-order valence-corrected chi connectivity index (χ3v) is 5.42. The Morgan fingerprint density at radius 3 is 2.47 bits per heavy atom. The first kappa shape index (κ1) is 21.6. The second-order valence-corrected chi connectivity index (χ2v) is 7.67. The van der Waals surface area contributed by atoms with E-state index in [1.54, 1.807) is 60.7 Å². The summed E-state index contributed by atoms with van der Waals surface area (Å²) in [6.07, 6.45) is 1.38. The fourth-order valence-electron chi connectivity index (χ4n) is 3.64. The predicted molar refractivity (Wildman–Crippen MR) is 119 cm³/mol. The maximum Gasteiger partial charge on any atom is 0.257 e. The van der Waals surface area contributed by atoms with Crippen molar-refractivity contribution in [3.63, 3.8) is 0 Å². The van der Waals surface area contributed by atoms with Crippen molar-refractivity contribution in [3.05, 3.63) is 83.3 Å². The van der Waals surface area contributed by atoms with Gasteiger partial charge in [0.1, 0.15) is 17.6 Å². The minimum atomic E-state index is -0.956. The summed E-state index contributed by atoms with van der Waals surface area (Å²) in [5, 5.41) is 0.493. The van der Waals surface area contributed by atoms with Gasteiger partial charge < -0.3 is 14.1 Å². The topological polar surface area (TPSA) is 80.1 Å². The Balaban J connectivity index is 1.63. The number of rotatable bonds is 7. The Hall–Kier alpha value is -3.58. The number of ether oxygens (including phenoxy) is 1. The molecule has 3 amide bonds. The highest BCUT2D eigenvalue weighted by atomic mass is 35.5. The second kappa shape index (κ2) is 9.28. The van der Waals surface area contributed by atoms with Crippen LogP contribution in [0.5, 0.6) is 5.75 Å². The Kier molecular flexibility index (Phi) is 6.28. The van der Waals surface area contributed by atoms with Gasteiger partial charge in [-0.25, -0.2) is 4.90 Å². The van der Waals surface area contributed by atoms with Gasteiger partial charge in [0.2, 0.25) is 5.91 Å². The van der Waals surface area contributed by atoms with Gasteiger partial charge in [0, 0.05) is 10.6 Å². The summed E-state index contributed by atoms with van der Waals surface area (Å²) < 4.78 is 10.8. The molecule has 0 N–H and O–H groups in total. The van der Waals surface area contributed by atoms with Gasteiger partial charge in [0.15, 0.2) is 0 Å². The SMILES string of the molecule is CCOc1ccc(N2C(=O)C[C@@H](N(Cc3ccco3)C(=O)c3ccc(Cl)cc3)C2=O)cc1. The van der Waals surface area contributed by atoms with Crippen LogP contribution in [0.1, 0.15) is 29.5 Å². The fraction of sp³-hybridized carbons (Fsp3) is 0.208. The van der Waals surface area contributed by atoms with Crippen LogP contribution in [0.4, 0.5) is 5.69 Å². The third kappa shape index (κ3) is 4.38. The smallest absolute Gasteiger partial charge is 0.257 e. The van der Waals surface area contributed by atoms with Crippen molar-refractivity contribution in [2.24, 2.45) is 0 Å². The highest BCUT2D eigenvalue weighted by Crippen LogP contribution is 2.29. The van der Waals surface area contributed by atoms with Crippen LogP contribution in [0.3, 0.4) is 0 Å². The number of halogens is 1. The number of benzene rings is 2.